The highest BCUT2D eigenvalue weighted by molar-refractivity contribution is 6.99. The molecule has 0 bridgehead atoms. The molecule has 80 valence electrons. The van der Waals surface area contributed by atoms with Gasteiger partial charge in [0.25, 0.3) is 0 Å². The third-order valence-corrected chi connectivity index (χ3v) is 2.72. The molecule has 0 fully saturated rings. The summed E-state index contributed by atoms with van der Waals surface area (Å²) in [5.41, 5.74) is 0. The van der Waals surface area contributed by atoms with Gasteiger partial charge in [0.05, 0.1) is 11.7 Å². The first-order valence-corrected chi connectivity index (χ1v) is 5.58. The minimum atomic E-state index is 0.338. The van der Waals surface area contributed by atoms with E-state index in [0.29, 0.717) is 17.0 Å². The summed E-state index contributed by atoms with van der Waals surface area (Å²) in [6.07, 6.45) is 1.90. The summed E-state index contributed by atoms with van der Waals surface area (Å²) in [4.78, 5) is 0. The van der Waals surface area contributed by atoms with Crippen LogP contribution < -0.4 is 5.32 Å². The van der Waals surface area contributed by atoms with E-state index in [1.54, 1.807) is 0 Å². The predicted octanol–water partition coefficient (Wildman–Crippen LogP) is 2.71. The minimum Gasteiger partial charge on any atom is -0.320 e. The summed E-state index contributed by atoms with van der Waals surface area (Å²) >= 11 is 6.87. The molecule has 0 aliphatic carbocycles. The Bertz CT molecular complexity index is 449. The van der Waals surface area contributed by atoms with Crippen molar-refractivity contribution in [3.05, 3.63) is 17.4 Å². The van der Waals surface area contributed by atoms with Crippen LogP contribution in [0.15, 0.2) is 12.3 Å². The molecule has 2 heterocycles. The van der Waals surface area contributed by atoms with Crippen molar-refractivity contribution >= 4 is 35.0 Å². The molecule has 15 heavy (non-hydrogen) atoms. The summed E-state index contributed by atoms with van der Waals surface area (Å²) in [6.45, 7) is 4.13. The molecule has 2 rings (SSSR count). The van der Waals surface area contributed by atoms with Gasteiger partial charge in [0, 0.05) is 18.3 Å². The molecule has 7 heteroatoms. The first-order valence-electron chi connectivity index (χ1n) is 4.47. The van der Waals surface area contributed by atoms with Gasteiger partial charge >= 0.3 is 0 Å². The Morgan fingerprint density at radius 2 is 2.27 bits per heavy atom. The van der Waals surface area contributed by atoms with E-state index in [0.717, 1.165) is 17.5 Å². The highest BCUT2D eigenvalue weighted by atomic mass is 35.5. The number of aromatic nitrogens is 4. The Hall–Kier alpha value is -1.14. The largest absolute Gasteiger partial charge is 0.320 e. The van der Waals surface area contributed by atoms with Crippen molar-refractivity contribution in [1.82, 2.24) is 18.5 Å². The fourth-order valence-corrected chi connectivity index (χ4v) is 1.71. The Morgan fingerprint density at radius 3 is 2.80 bits per heavy atom. The van der Waals surface area contributed by atoms with Crippen LogP contribution in [0.25, 0.3) is 0 Å². The molecule has 0 unspecified atom stereocenters. The number of hydrogen-bond acceptors (Lipinski definition) is 5. The molecule has 0 saturated heterocycles. The maximum absolute atomic E-state index is 5.80. The van der Waals surface area contributed by atoms with Crippen LogP contribution in [0.2, 0.25) is 5.15 Å². The Kier molecular flexibility index (Phi) is 2.88. The summed E-state index contributed by atoms with van der Waals surface area (Å²) in [7, 11) is 0. The lowest BCUT2D eigenvalue weighted by Gasteiger charge is -2.03. The van der Waals surface area contributed by atoms with Gasteiger partial charge in [0.1, 0.15) is 0 Å². The zero-order valence-electron chi connectivity index (χ0n) is 8.31. The minimum absolute atomic E-state index is 0.338. The second-order valence-corrected chi connectivity index (χ2v) is 4.19. The number of hydrogen-bond donors (Lipinski definition) is 1. The maximum Gasteiger partial charge on any atom is 0.187 e. The summed E-state index contributed by atoms with van der Waals surface area (Å²) in [6, 6.07) is 2.21. The van der Waals surface area contributed by atoms with Crippen LogP contribution in [-0.4, -0.2) is 18.5 Å². The molecule has 0 radical (unpaired) electrons. The molecule has 0 atom stereocenters. The number of rotatable bonds is 3. The zero-order chi connectivity index (χ0) is 10.8. The summed E-state index contributed by atoms with van der Waals surface area (Å²) in [5, 5.41) is 7.68. The van der Waals surface area contributed by atoms with Gasteiger partial charge < -0.3 is 5.32 Å². The molecule has 0 aromatic carbocycles. The van der Waals surface area contributed by atoms with Crippen molar-refractivity contribution in [1.29, 1.82) is 0 Å². The van der Waals surface area contributed by atoms with Crippen molar-refractivity contribution < 1.29 is 0 Å². The highest BCUT2D eigenvalue weighted by Crippen LogP contribution is 2.21. The topological polar surface area (TPSA) is 55.6 Å². The summed E-state index contributed by atoms with van der Waals surface area (Å²) < 4.78 is 9.71. The second-order valence-electron chi connectivity index (χ2n) is 3.30. The fourth-order valence-electron chi connectivity index (χ4n) is 1.07. The van der Waals surface area contributed by atoms with E-state index in [-0.39, 0.29) is 0 Å². The lowest BCUT2D eigenvalue weighted by Crippen LogP contribution is -2.01. The van der Waals surface area contributed by atoms with Crippen molar-refractivity contribution in [3.8, 4) is 0 Å². The average molecular weight is 244 g/mol. The molecule has 2 aromatic heterocycles. The zero-order valence-corrected chi connectivity index (χ0v) is 9.88. The van der Waals surface area contributed by atoms with E-state index in [1.165, 1.54) is 0 Å². The molecule has 0 aliphatic heterocycles. The van der Waals surface area contributed by atoms with Gasteiger partial charge in [0.2, 0.25) is 0 Å². The van der Waals surface area contributed by atoms with Gasteiger partial charge in [-0.15, -0.1) is 0 Å². The molecule has 1 N–H and O–H groups in total. The van der Waals surface area contributed by atoms with Crippen LogP contribution >= 0.6 is 23.3 Å². The van der Waals surface area contributed by atoms with E-state index in [1.807, 2.05) is 16.9 Å². The normalized spacial score (nSPS) is 10.9. The van der Waals surface area contributed by atoms with Crippen LogP contribution in [0.3, 0.4) is 0 Å². The predicted molar refractivity (Wildman–Crippen MR) is 60.8 cm³/mol. The number of halogens is 1. The molecular formula is C8H10ClN5S. The molecule has 2 aromatic rings. The third-order valence-electron chi connectivity index (χ3n) is 1.83. The molecule has 0 amide bonds. The van der Waals surface area contributed by atoms with Crippen molar-refractivity contribution in [2.24, 2.45) is 0 Å². The number of nitrogens with zero attached hydrogens (tertiary/aromatic N) is 4. The van der Waals surface area contributed by atoms with Crippen LogP contribution in [0.1, 0.15) is 19.9 Å². The van der Waals surface area contributed by atoms with Gasteiger partial charge in [-0.1, -0.05) is 11.6 Å². The number of anilines is 2. The standard InChI is InChI=1S/C8H10ClN5S/c1-5(2)14-4-3-6(11-14)10-8-7(9)12-15-13-8/h3-5H,1-2H3,(H,10,11,13). The van der Waals surface area contributed by atoms with Gasteiger partial charge in [-0.3, -0.25) is 4.68 Å². The van der Waals surface area contributed by atoms with Crippen molar-refractivity contribution in [2.75, 3.05) is 5.32 Å². The first kappa shape index (κ1) is 10.4. The van der Waals surface area contributed by atoms with Crippen LogP contribution in [0, 0.1) is 0 Å². The van der Waals surface area contributed by atoms with Gasteiger partial charge in [0.15, 0.2) is 16.8 Å². The second kappa shape index (κ2) is 4.16. The van der Waals surface area contributed by atoms with E-state index in [9.17, 15) is 0 Å². The molecule has 0 saturated carbocycles. The van der Waals surface area contributed by atoms with Crippen LogP contribution in [0.4, 0.5) is 11.6 Å². The van der Waals surface area contributed by atoms with E-state index in [2.05, 4.69) is 33.0 Å². The Morgan fingerprint density at radius 1 is 1.47 bits per heavy atom. The lowest BCUT2D eigenvalue weighted by atomic mass is 10.4. The maximum atomic E-state index is 5.80. The molecule has 0 aliphatic rings. The smallest absolute Gasteiger partial charge is 0.187 e. The van der Waals surface area contributed by atoms with Gasteiger partial charge in [-0.05, 0) is 13.8 Å². The van der Waals surface area contributed by atoms with E-state index in [4.69, 9.17) is 11.6 Å². The average Bonchev–Trinajstić information content (AvgIpc) is 2.77. The Labute approximate surface area is 96.4 Å². The lowest BCUT2D eigenvalue weighted by molar-refractivity contribution is 0.534. The van der Waals surface area contributed by atoms with Crippen LogP contribution in [-0.2, 0) is 0 Å². The quantitative estimate of drug-likeness (QED) is 0.901. The van der Waals surface area contributed by atoms with Gasteiger partial charge in [-0.25, -0.2) is 0 Å². The molecule has 5 nitrogen and oxygen atoms in total. The van der Waals surface area contributed by atoms with Crippen molar-refractivity contribution in [3.63, 3.8) is 0 Å². The van der Waals surface area contributed by atoms with Crippen molar-refractivity contribution in [2.45, 2.75) is 19.9 Å². The monoisotopic (exact) mass is 243 g/mol. The molecule has 0 spiro atoms. The fraction of sp³-hybridized carbons (Fsp3) is 0.375. The first-order chi connectivity index (χ1) is 7.16. The SMILES string of the molecule is CC(C)n1ccc(Nc2nsnc2Cl)n1. The van der Waals surface area contributed by atoms with Crippen LogP contribution in [0.5, 0.6) is 0 Å². The summed E-state index contributed by atoms with van der Waals surface area (Å²) in [5.74, 6) is 1.27. The van der Waals surface area contributed by atoms with Gasteiger partial charge in [-0.2, -0.15) is 13.8 Å². The highest BCUT2D eigenvalue weighted by Gasteiger charge is 2.07. The Balaban J connectivity index is 2.15. The molecular weight excluding hydrogens is 234 g/mol. The third kappa shape index (κ3) is 2.27. The number of nitrogens with one attached hydrogen (secondary N) is 1. The van der Waals surface area contributed by atoms with E-state index >= 15 is 0 Å². The van der Waals surface area contributed by atoms with E-state index < -0.39 is 0 Å².